The van der Waals surface area contributed by atoms with Gasteiger partial charge in [-0.1, -0.05) is 72.1 Å². The maximum Gasteiger partial charge on any atom is -0.0326 e. The van der Waals surface area contributed by atoms with E-state index in [1.54, 1.807) is 0 Å². The molecule has 0 nitrogen and oxygen atoms in total. The molecule has 1 saturated carbocycles. The van der Waals surface area contributed by atoms with Crippen molar-refractivity contribution in [2.24, 2.45) is 11.3 Å². The van der Waals surface area contributed by atoms with Gasteiger partial charge >= 0.3 is 0 Å². The highest BCUT2D eigenvalue weighted by atomic mass is 14.3. The number of hydrogen-bond donors (Lipinski definition) is 0. The monoisotopic (exact) mass is 224 g/mol. The molecular formula is C16H32. The van der Waals surface area contributed by atoms with Crippen LogP contribution < -0.4 is 0 Å². The van der Waals surface area contributed by atoms with Gasteiger partial charge in [0.2, 0.25) is 0 Å². The van der Waals surface area contributed by atoms with Crippen LogP contribution >= 0.6 is 0 Å². The molecule has 0 aromatic carbocycles. The minimum absolute atomic E-state index is 0.618. The Labute approximate surface area is 103 Å². The molecule has 1 aliphatic rings. The molecule has 0 bridgehead atoms. The molecule has 0 heterocycles. The average molecular weight is 224 g/mol. The second kappa shape index (κ2) is 7.35. The van der Waals surface area contributed by atoms with E-state index in [2.05, 4.69) is 20.8 Å². The first kappa shape index (κ1) is 14.1. The molecular weight excluding hydrogens is 192 g/mol. The summed E-state index contributed by atoms with van der Waals surface area (Å²) in [6.45, 7) is 7.33. The molecule has 0 amide bonds. The number of rotatable bonds is 7. The Balaban J connectivity index is 2.16. The van der Waals surface area contributed by atoms with Gasteiger partial charge in [-0.05, 0) is 30.6 Å². The number of hydrogen-bond acceptors (Lipinski definition) is 0. The summed E-state index contributed by atoms with van der Waals surface area (Å²) in [4.78, 5) is 0. The van der Waals surface area contributed by atoms with Crippen molar-refractivity contribution in [1.29, 1.82) is 0 Å². The van der Waals surface area contributed by atoms with Crippen LogP contribution in [-0.4, -0.2) is 0 Å². The van der Waals surface area contributed by atoms with Crippen LogP contribution in [-0.2, 0) is 0 Å². The van der Waals surface area contributed by atoms with Crippen molar-refractivity contribution in [2.75, 3.05) is 0 Å². The van der Waals surface area contributed by atoms with Gasteiger partial charge in [-0.15, -0.1) is 0 Å². The second-order valence-corrected chi connectivity index (χ2v) is 6.49. The molecule has 0 atom stereocenters. The molecule has 16 heavy (non-hydrogen) atoms. The molecule has 0 spiro atoms. The summed E-state index contributed by atoms with van der Waals surface area (Å²) in [6, 6.07) is 0. The highest BCUT2D eigenvalue weighted by Crippen LogP contribution is 2.41. The lowest BCUT2D eigenvalue weighted by atomic mass is 9.69. The highest BCUT2D eigenvalue weighted by Gasteiger charge is 2.29. The zero-order chi connectivity index (χ0) is 11.9. The van der Waals surface area contributed by atoms with Crippen LogP contribution in [0.2, 0.25) is 0 Å². The highest BCUT2D eigenvalue weighted by molar-refractivity contribution is 4.80. The van der Waals surface area contributed by atoms with Crippen LogP contribution in [0.1, 0.15) is 91.4 Å². The first-order valence-electron chi connectivity index (χ1n) is 7.67. The van der Waals surface area contributed by atoms with Gasteiger partial charge in [-0.3, -0.25) is 0 Å². The fraction of sp³-hybridized carbons (Fsp3) is 1.00. The van der Waals surface area contributed by atoms with E-state index in [1.165, 1.54) is 70.6 Å². The summed E-state index contributed by atoms with van der Waals surface area (Å²) >= 11 is 0. The topological polar surface area (TPSA) is 0 Å². The summed E-state index contributed by atoms with van der Waals surface area (Å²) < 4.78 is 0. The lowest BCUT2D eigenvalue weighted by Crippen LogP contribution is -2.26. The second-order valence-electron chi connectivity index (χ2n) is 6.49. The van der Waals surface area contributed by atoms with Gasteiger partial charge in [0.05, 0.1) is 0 Å². The molecule has 1 fully saturated rings. The van der Waals surface area contributed by atoms with Crippen molar-refractivity contribution < 1.29 is 0 Å². The molecule has 1 rings (SSSR count). The van der Waals surface area contributed by atoms with E-state index in [4.69, 9.17) is 0 Å². The van der Waals surface area contributed by atoms with E-state index in [1.807, 2.05) is 0 Å². The third kappa shape index (κ3) is 4.89. The van der Waals surface area contributed by atoms with E-state index in [0.29, 0.717) is 5.41 Å². The first-order valence-corrected chi connectivity index (χ1v) is 7.67. The van der Waals surface area contributed by atoms with Gasteiger partial charge in [0.15, 0.2) is 0 Å². The quantitative estimate of drug-likeness (QED) is 0.468. The van der Waals surface area contributed by atoms with Crippen LogP contribution in [0.3, 0.4) is 0 Å². The predicted molar refractivity (Wildman–Crippen MR) is 73.7 cm³/mol. The minimum atomic E-state index is 0.618. The Hall–Kier alpha value is 0. The smallest absolute Gasteiger partial charge is 0.0326 e. The van der Waals surface area contributed by atoms with Crippen molar-refractivity contribution in [3.63, 3.8) is 0 Å². The van der Waals surface area contributed by atoms with Crippen molar-refractivity contribution in [3.8, 4) is 0 Å². The maximum atomic E-state index is 2.52. The zero-order valence-corrected chi connectivity index (χ0v) is 11.9. The number of unbranched alkanes of at least 4 members (excludes halogenated alkanes) is 4. The molecule has 0 unspecified atom stereocenters. The molecule has 1 aliphatic carbocycles. The Morgan fingerprint density at radius 1 is 0.875 bits per heavy atom. The van der Waals surface area contributed by atoms with E-state index in [0.717, 1.165) is 5.92 Å². The van der Waals surface area contributed by atoms with Crippen LogP contribution in [0.25, 0.3) is 0 Å². The zero-order valence-electron chi connectivity index (χ0n) is 11.9. The average Bonchev–Trinajstić information content (AvgIpc) is 2.30. The van der Waals surface area contributed by atoms with Crippen LogP contribution in [0.4, 0.5) is 0 Å². The van der Waals surface area contributed by atoms with Gasteiger partial charge < -0.3 is 0 Å². The van der Waals surface area contributed by atoms with Crippen LogP contribution in [0, 0.1) is 11.3 Å². The van der Waals surface area contributed by atoms with E-state index in [-0.39, 0.29) is 0 Å². The van der Waals surface area contributed by atoms with Gasteiger partial charge in [-0.2, -0.15) is 0 Å². The summed E-state index contributed by atoms with van der Waals surface area (Å²) in [7, 11) is 0. The lowest BCUT2D eigenvalue weighted by molar-refractivity contribution is 0.142. The Bertz CT molecular complexity index is 163. The summed E-state index contributed by atoms with van der Waals surface area (Å²) in [5.74, 6) is 1.02. The minimum Gasteiger partial charge on any atom is -0.0654 e. The SMILES string of the molecule is CCCCCCCC(C)(C)C1CCCCC1. The Morgan fingerprint density at radius 2 is 1.50 bits per heavy atom. The van der Waals surface area contributed by atoms with Crippen molar-refractivity contribution in [3.05, 3.63) is 0 Å². The van der Waals surface area contributed by atoms with Gasteiger partial charge in [0, 0.05) is 0 Å². The van der Waals surface area contributed by atoms with Crippen molar-refractivity contribution >= 4 is 0 Å². The maximum absolute atomic E-state index is 2.52. The lowest BCUT2D eigenvalue weighted by Gasteiger charge is -2.37. The molecule has 0 aromatic heterocycles. The van der Waals surface area contributed by atoms with Crippen LogP contribution in [0.5, 0.6) is 0 Å². The fourth-order valence-corrected chi connectivity index (χ4v) is 3.27. The van der Waals surface area contributed by atoms with Crippen molar-refractivity contribution in [1.82, 2.24) is 0 Å². The fourth-order valence-electron chi connectivity index (χ4n) is 3.27. The summed E-state index contributed by atoms with van der Waals surface area (Å²) in [6.07, 6.45) is 16.1. The molecule has 0 N–H and O–H groups in total. The summed E-state index contributed by atoms with van der Waals surface area (Å²) in [5, 5.41) is 0. The third-order valence-corrected chi connectivity index (χ3v) is 4.64. The predicted octanol–water partition coefficient (Wildman–Crippen LogP) is 5.95. The van der Waals surface area contributed by atoms with E-state index >= 15 is 0 Å². The molecule has 96 valence electrons. The molecule has 0 aromatic rings. The van der Waals surface area contributed by atoms with Gasteiger partial charge in [0.1, 0.15) is 0 Å². The largest absolute Gasteiger partial charge is 0.0654 e. The van der Waals surface area contributed by atoms with Crippen LogP contribution in [0.15, 0.2) is 0 Å². The Kier molecular flexibility index (Phi) is 6.46. The van der Waals surface area contributed by atoms with Gasteiger partial charge in [0.25, 0.3) is 0 Å². The normalized spacial score (nSPS) is 18.9. The third-order valence-electron chi connectivity index (χ3n) is 4.64. The standard InChI is InChI=1S/C16H32/c1-4-5-6-7-11-14-16(2,3)15-12-9-8-10-13-15/h15H,4-14H2,1-3H3. The molecule has 0 saturated heterocycles. The summed E-state index contributed by atoms with van der Waals surface area (Å²) in [5.41, 5.74) is 0.618. The molecule has 0 aliphatic heterocycles. The van der Waals surface area contributed by atoms with Gasteiger partial charge in [-0.25, -0.2) is 0 Å². The van der Waals surface area contributed by atoms with E-state index < -0.39 is 0 Å². The first-order chi connectivity index (χ1) is 7.67. The Morgan fingerprint density at radius 3 is 2.12 bits per heavy atom. The van der Waals surface area contributed by atoms with Crippen molar-refractivity contribution in [2.45, 2.75) is 91.4 Å². The molecule has 0 heteroatoms. The molecule has 0 radical (unpaired) electrons. The van der Waals surface area contributed by atoms with E-state index in [9.17, 15) is 0 Å².